The maximum absolute atomic E-state index is 12.7. The number of esters is 2. The minimum absolute atomic E-state index is 0.239. The van der Waals surface area contributed by atoms with Crippen LogP contribution in [0.25, 0.3) is 11.6 Å². The first-order chi connectivity index (χ1) is 14.2. The van der Waals surface area contributed by atoms with Crippen LogP contribution in [0, 0.1) is 0 Å². The number of cyclic esters (lactones) is 2. The Morgan fingerprint density at radius 2 is 1.31 bits per heavy atom. The Hall–Kier alpha value is -3.92. The fourth-order valence-corrected chi connectivity index (χ4v) is 3.30. The van der Waals surface area contributed by atoms with E-state index in [4.69, 9.17) is 9.47 Å². The minimum atomic E-state index is -0.648. The van der Waals surface area contributed by atoms with Crippen LogP contribution in [0.2, 0.25) is 0 Å². The van der Waals surface area contributed by atoms with Gasteiger partial charge in [-0.05, 0) is 34.9 Å². The molecule has 1 aliphatic heterocycles. The summed E-state index contributed by atoms with van der Waals surface area (Å²) >= 11 is 0. The SMILES string of the molecule is COc1ccc(/C=C2/C(=O)OC(=O)C2=C(c2ccccc2)c2ccccc2)cc1. The zero-order valence-electron chi connectivity index (χ0n) is 15.8. The quantitative estimate of drug-likeness (QED) is 0.374. The second-order valence-electron chi connectivity index (χ2n) is 6.49. The van der Waals surface area contributed by atoms with Gasteiger partial charge in [0.25, 0.3) is 0 Å². The lowest BCUT2D eigenvalue weighted by Gasteiger charge is -2.11. The van der Waals surface area contributed by atoms with E-state index in [2.05, 4.69) is 0 Å². The Morgan fingerprint density at radius 1 is 0.759 bits per heavy atom. The molecule has 142 valence electrons. The molecule has 3 aromatic rings. The summed E-state index contributed by atoms with van der Waals surface area (Å²) in [4.78, 5) is 25.2. The fourth-order valence-electron chi connectivity index (χ4n) is 3.30. The van der Waals surface area contributed by atoms with Crippen molar-refractivity contribution in [2.75, 3.05) is 7.11 Å². The highest BCUT2D eigenvalue weighted by atomic mass is 16.6. The average Bonchev–Trinajstić information content (AvgIpc) is 3.03. The number of benzene rings is 3. The van der Waals surface area contributed by atoms with Gasteiger partial charge in [-0.1, -0.05) is 72.8 Å². The van der Waals surface area contributed by atoms with Gasteiger partial charge in [-0.3, -0.25) is 0 Å². The summed E-state index contributed by atoms with van der Waals surface area (Å²) in [5.41, 5.74) is 3.61. The first-order valence-electron chi connectivity index (χ1n) is 9.15. The Kier molecular flexibility index (Phi) is 5.08. The molecule has 0 amide bonds. The molecule has 1 fully saturated rings. The molecule has 0 saturated carbocycles. The number of hydrogen-bond acceptors (Lipinski definition) is 4. The smallest absolute Gasteiger partial charge is 0.347 e. The summed E-state index contributed by atoms with van der Waals surface area (Å²) < 4.78 is 10.2. The van der Waals surface area contributed by atoms with E-state index in [0.29, 0.717) is 11.3 Å². The summed E-state index contributed by atoms with van der Waals surface area (Å²) in [6, 6.07) is 26.3. The van der Waals surface area contributed by atoms with Gasteiger partial charge >= 0.3 is 11.9 Å². The van der Waals surface area contributed by atoms with E-state index in [1.807, 2.05) is 72.8 Å². The molecule has 1 aliphatic rings. The van der Waals surface area contributed by atoms with E-state index in [-0.39, 0.29) is 11.1 Å². The molecule has 0 atom stereocenters. The van der Waals surface area contributed by atoms with Crippen molar-refractivity contribution < 1.29 is 19.1 Å². The molecule has 1 heterocycles. The van der Waals surface area contributed by atoms with Gasteiger partial charge in [0.1, 0.15) is 5.75 Å². The van der Waals surface area contributed by atoms with Crippen molar-refractivity contribution in [2.45, 2.75) is 0 Å². The Bertz CT molecular complexity index is 1070. The predicted molar refractivity (Wildman–Crippen MR) is 111 cm³/mol. The van der Waals surface area contributed by atoms with Crippen LogP contribution in [0.1, 0.15) is 16.7 Å². The van der Waals surface area contributed by atoms with Crippen LogP contribution < -0.4 is 4.74 Å². The summed E-state index contributed by atoms with van der Waals surface area (Å²) in [6.45, 7) is 0. The summed E-state index contributed by atoms with van der Waals surface area (Å²) in [7, 11) is 1.59. The van der Waals surface area contributed by atoms with Gasteiger partial charge in [0, 0.05) is 5.57 Å². The van der Waals surface area contributed by atoms with Crippen LogP contribution in [0.4, 0.5) is 0 Å². The molecule has 0 aromatic heterocycles. The molecule has 0 radical (unpaired) electrons. The van der Waals surface area contributed by atoms with E-state index in [0.717, 1.165) is 16.7 Å². The lowest BCUT2D eigenvalue weighted by atomic mass is 9.89. The zero-order chi connectivity index (χ0) is 20.2. The zero-order valence-corrected chi connectivity index (χ0v) is 15.8. The van der Waals surface area contributed by atoms with Crippen LogP contribution in [0.3, 0.4) is 0 Å². The predicted octanol–water partition coefficient (Wildman–Crippen LogP) is 4.66. The molecule has 0 N–H and O–H groups in total. The van der Waals surface area contributed by atoms with Crippen LogP contribution in [0.5, 0.6) is 5.75 Å². The van der Waals surface area contributed by atoms with Gasteiger partial charge < -0.3 is 9.47 Å². The van der Waals surface area contributed by atoms with Crippen molar-refractivity contribution in [3.05, 3.63) is 113 Å². The van der Waals surface area contributed by atoms with E-state index in [1.54, 1.807) is 25.3 Å². The van der Waals surface area contributed by atoms with Crippen molar-refractivity contribution >= 4 is 23.6 Å². The minimum Gasteiger partial charge on any atom is -0.497 e. The summed E-state index contributed by atoms with van der Waals surface area (Å²) in [5.74, 6) is -0.579. The van der Waals surface area contributed by atoms with Crippen molar-refractivity contribution in [1.29, 1.82) is 0 Å². The van der Waals surface area contributed by atoms with Gasteiger partial charge in [-0.2, -0.15) is 0 Å². The van der Waals surface area contributed by atoms with E-state index < -0.39 is 11.9 Å². The number of methoxy groups -OCH3 is 1. The molecule has 4 rings (SSSR count). The molecule has 0 bridgehead atoms. The van der Waals surface area contributed by atoms with Crippen LogP contribution >= 0.6 is 0 Å². The number of hydrogen-bond donors (Lipinski definition) is 0. The van der Waals surface area contributed by atoms with Crippen molar-refractivity contribution in [2.24, 2.45) is 0 Å². The van der Waals surface area contributed by atoms with Gasteiger partial charge in [0.2, 0.25) is 0 Å². The molecular formula is C25H18O4. The van der Waals surface area contributed by atoms with Crippen molar-refractivity contribution in [3.63, 3.8) is 0 Å². The normalized spacial score (nSPS) is 14.8. The first kappa shape index (κ1) is 18.4. The van der Waals surface area contributed by atoms with Crippen molar-refractivity contribution in [1.82, 2.24) is 0 Å². The maximum Gasteiger partial charge on any atom is 0.347 e. The molecule has 0 unspecified atom stereocenters. The topological polar surface area (TPSA) is 52.6 Å². The highest BCUT2D eigenvalue weighted by molar-refractivity contribution is 6.24. The fraction of sp³-hybridized carbons (Fsp3) is 0.0400. The van der Waals surface area contributed by atoms with Crippen LogP contribution in [-0.2, 0) is 14.3 Å². The van der Waals surface area contributed by atoms with Gasteiger partial charge in [0.15, 0.2) is 0 Å². The summed E-state index contributed by atoms with van der Waals surface area (Å²) in [5, 5.41) is 0. The number of ether oxygens (including phenoxy) is 2. The molecular weight excluding hydrogens is 364 g/mol. The third kappa shape index (κ3) is 3.73. The Morgan fingerprint density at radius 3 is 1.83 bits per heavy atom. The monoisotopic (exact) mass is 382 g/mol. The second kappa shape index (κ2) is 7.98. The molecule has 0 aliphatic carbocycles. The third-order valence-corrected chi connectivity index (χ3v) is 4.68. The maximum atomic E-state index is 12.7. The number of carbonyl (C=O) groups is 2. The van der Waals surface area contributed by atoms with E-state index in [1.165, 1.54) is 0 Å². The second-order valence-corrected chi connectivity index (χ2v) is 6.49. The Balaban J connectivity index is 1.94. The largest absolute Gasteiger partial charge is 0.497 e. The van der Waals surface area contributed by atoms with Crippen LogP contribution in [0.15, 0.2) is 96.1 Å². The number of rotatable bonds is 4. The molecule has 4 nitrogen and oxygen atoms in total. The molecule has 1 saturated heterocycles. The molecule has 29 heavy (non-hydrogen) atoms. The molecule has 4 heteroatoms. The standard InChI is InChI=1S/C25H18O4/c1-28-20-14-12-17(13-15-20)16-21-23(25(27)29-24(21)26)22(18-8-4-2-5-9-18)19-10-6-3-7-11-19/h2-16H,1H3/b21-16+. The molecule has 3 aromatic carbocycles. The highest BCUT2D eigenvalue weighted by Crippen LogP contribution is 2.36. The number of carbonyl (C=O) groups excluding carboxylic acids is 2. The van der Waals surface area contributed by atoms with Gasteiger partial charge in [-0.25, -0.2) is 9.59 Å². The average molecular weight is 382 g/mol. The molecule has 0 spiro atoms. The highest BCUT2D eigenvalue weighted by Gasteiger charge is 2.36. The summed E-state index contributed by atoms with van der Waals surface area (Å²) in [6.07, 6.45) is 1.67. The Labute approximate surface area is 168 Å². The van der Waals surface area contributed by atoms with E-state index in [9.17, 15) is 9.59 Å². The lowest BCUT2D eigenvalue weighted by molar-refractivity contribution is -0.149. The van der Waals surface area contributed by atoms with Crippen LogP contribution in [-0.4, -0.2) is 19.0 Å². The van der Waals surface area contributed by atoms with Crippen molar-refractivity contribution in [3.8, 4) is 5.75 Å². The van der Waals surface area contributed by atoms with Gasteiger partial charge in [0.05, 0.1) is 18.3 Å². The first-order valence-corrected chi connectivity index (χ1v) is 9.15. The van der Waals surface area contributed by atoms with Gasteiger partial charge in [-0.15, -0.1) is 0 Å². The third-order valence-electron chi connectivity index (χ3n) is 4.68. The van der Waals surface area contributed by atoms with E-state index >= 15 is 0 Å². The lowest BCUT2D eigenvalue weighted by Crippen LogP contribution is -2.02.